The predicted octanol–water partition coefficient (Wildman–Crippen LogP) is 1.60. The van der Waals surface area contributed by atoms with Crippen LogP contribution in [0.15, 0.2) is 11.4 Å². The molecule has 2 N–H and O–H groups in total. The first-order chi connectivity index (χ1) is 9.21. The second-order valence-corrected chi connectivity index (χ2v) is 7.34. The van der Waals surface area contributed by atoms with Gasteiger partial charge in [0.25, 0.3) is 0 Å². The summed E-state index contributed by atoms with van der Waals surface area (Å²) in [6.45, 7) is 9.11. The van der Waals surface area contributed by atoms with E-state index in [4.69, 9.17) is 4.65 Å². The summed E-state index contributed by atoms with van der Waals surface area (Å²) in [5, 5.41) is 23.4. The van der Waals surface area contributed by atoms with E-state index in [0.717, 1.165) is 18.6 Å². The fourth-order valence-corrected chi connectivity index (χ4v) is 3.04. The number of aliphatic hydroxyl groups is 1. The number of hydrogen-bond donors (Lipinski definition) is 2. The number of nitrogens with zero attached hydrogens (tertiary/aromatic N) is 1. The zero-order valence-corrected chi connectivity index (χ0v) is 13.5. The number of anilines is 1. The molecule has 112 valence electrons. The standard InChI is InChI=1S/C14H24BNO3S/c1-13(2,17)14(3,4)19-15(18)11-9-12(20-10-11)16-7-5-6-8-16/h9-10,17-18H,5-8H2,1-4H3. The molecule has 1 aliphatic heterocycles. The first-order valence-corrected chi connectivity index (χ1v) is 8.00. The topological polar surface area (TPSA) is 52.9 Å². The monoisotopic (exact) mass is 297 g/mol. The molecule has 1 aromatic heterocycles. The van der Waals surface area contributed by atoms with E-state index >= 15 is 0 Å². The molecule has 2 heterocycles. The number of rotatable bonds is 5. The van der Waals surface area contributed by atoms with Gasteiger partial charge in [0, 0.05) is 13.1 Å². The molecule has 1 aliphatic rings. The van der Waals surface area contributed by atoms with E-state index in [9.17, 15) is 10.1 Å². The van der Waals surface area contributed by atoms with Crippen LogP contribution in [-0.2, 0) is 4.65 Å². The highest BCUT2D eigenvalue weighted by molar-refractivity contribution is 7.15. The fourth-order valence-electron chi connectivity index (χ4n) is 2.06. The van der Waals surface area contributed by atoms with Crippen LogP contribution in [0.5, 0.6) is 0 Å². The highest BCUT2D eigenvalue weighted by atomic mass is 32.1. The van der Waals surface area contributed by atoms with Crippen molar-refractivity contribution in [2.45, 2.75) is 51.7 Å². The van der Waals surface area contributed by atoms with Crippen LogP contribution in [-0.4, -0.2) is 41.5 Å². The molecule has 0 aliphatic carbocycles. The zero-order valence-electron chi connectivity index (χ0n) is 12.7. The van der Waals surface area contributed by atoms with Gasteiger partial charge < -0.3 is 19.7 Å². The molecular formula is C14H24BNO3S. The summed E-state index contributed by atoms with van der Waals surface area (Å²) in [4.78, 5) is 2.34. The van der Waals surface area contributed by atoms with Crippen LogP contribution < -0.4 is 10.4 Å². The van der Waals surface area contributed by atoms with E-state index in [1.165, 1.54) is 17.8 Å². The maximum atomic E-state index is 10.2. The molecule has 0 atom stereocenters. The summed E-state index contributed by atoms with van der Waals surface area (Å²) in [6.07, 6.45) is 2.47. The largest absolute Gasteiger partial charge is 0.492 e. The minimum absolute atomic E-state index is 0.759. The lowest BCUT2D eigenvalue weighted by atomic mass is 9.78. The zero-order chi connectivity index (χ0) is 15.0. The molecule has 0 bridgehead atoms. The predicted molar refractivity (Wildman–Crippen MR) is 84.8 cm³/mol. The Balaban J connectivity index is 2.04. The molecule has 4 nitrogen and oxygen atoms in total. The molecule has 0 radical (unpaired) electrons. The number of thiophene rings is 1. The molecule has 6 heteroatoms. The Labute approximate surface area is 125 Å². The third-order valence-electron chi connectivity index (χ3n) is 4.19. The molecule has 0 aromatic carbocycles. The third kappa shape index (κ3) is 3.36. The van der Waals surface area contributed by atoms with E-state index in [1.54, 1.807) is 39.0 Å². The van der Waals surface area contributed by atoms with E-state index in [1.807, 2.05) is 11.4 Å². The van der Waals surface area contributed by atoms with E-state index in [2.05, 4.69) is 4.90 Å². The van der Waals surface area contributed by atoms with Crippen LogP contribution in [0.1, 0.15) is 40.5 Å². The Bertz CT molecular complexity index is 450. The molecular weight excluding hydrogens is 273 g/mol. The minimum Gasteiger partial charge on any atom is -0.423 e. The average Bonchev–Trinajstić information content (AvgIpc) is 2.98. The summed E-state index contributed by atoms with van der Waals surface area (Å²) in [5.74, 6) is 0. The Morgan fingerprint density at radius 1 is 1.25 bits per heavy atom. The van der Waals surface area contributed by atoms with Gasteiger partial charge >= 0.3 is 7.12 Å². The van der Waals surface area contributed by atoms with Crippen LogP contribution >= 0.6 is 11.3 Å². The Morgan fingerprint density at radius 2 is 1.85 bits per heavy atom. The minimum atomic E-state index is -1.03. The smallest absolute Gasteiger partial charge is 0.423 e. The van der Waals surface area contributed by atoms with Gasteiger partial charge in [-0.1, -0.05) is 0 Å². The van der Waals surface area contributed by atoms with Crippen molar-refractivity contribution in [1.82, 2.24) is 0 Å². The second-order valence-electron chi connectivity index (χ2n) is 6.45. The Hall–Kier alpha value is -0.555. The lowest BCUT2D eigenvalue weighted by Crippen LogP contribution is -2.52. The summed E-state index contributed by atoms with van der Waals surface area (Å²) < 4.78 is 5.66. The van der Waals surface area contributed by atoms with Crippen molar-refractivity contribution in [2.24, 2.45) is 0 Å². The summed E-state index contributed by atoms with van der Waals surface area (Å²) in [6, 6.07) is 1.99. The molecule has 20 heavy (non-hydrogen) atoms. The van der Waals surface area contributed by atoms with Gasteiger partial charge in [0.15, 0.2) is 0 Å². The maximum Gasteiger partial charge on any atom is 0.492 e. The Kier molecular flexibility index (Phi) is 4.49. The molecule has 1 saturated heterocycles. The SMILES string of the molecule is CC(C)(O)C(C)(C)OB(O)c1csc(N2CCCC2)c1. The lowest BCUT2D eigenvalue weighted by molar-refractivity contribution is -0.0982. The molecule has 1 fully saturated rings. The van der Waals surface area contributed by atoms with Crippen LogP contribution in [0.4, 0.5) is 5.00 Å². The van der Waals surface area contributed by atoms with E-state index < -0.39 is 18.3 Å². The molecule has 0 unspecified atom stereocenters. The maximum absolute atomic E-state index is 10.2. The van der Waals surface area contributed by atoms with Gasteiger partial charge in [0.2, 0.25) is 0 Å². The molecule has 0 spiro atoms. The van der Waals surface area contributed by atoms with Gasteiger partial charge in [-0.15, -0.1) is 11.3 Å². The third-order valence-corrected chi connectivity index (χ3v) is 5.20. The van der Waals surface area contributed by atoms with Gasteiger partial charge in [0.05, 0.1) is 16.2 Å². The molecule has 0 saturated carbocycles. The van der Waals surface area contributed by atoms with Crippen LogP contribution in [0.3, 0.4) is 0 Å². The fraction of sp³-hybridized carbons (Fsp3) is 0.714. The average molecular weight is 297 g/mol. The Morgan fingerprint density at radius 3 is 2.40 bits per heavy atom. The van der Waals surface area contributed by atoms with E-state index in [0.29, 0.717) is 0 Å². The molecule has 0 amide bonds. The summed E-state index contributed by atoms with van der Waals surface area (Å²) >= 11 is 1.63. The highest BCUT2D eigenvalue weighted by Gasteiger charge is 2.39. The second kappa shape index (κ2) is 5.68. The summed E-state index contributed by atoms with van der Waals surface area (Å²) in [5.41, 5.74) is -1.10. The van der Waals surface area contributed by atoms with Gasteiger partial charge in [-0.3, -0.25) is 0 Å². The van der Waals surface area contributed by atoms with Crippen LogP contribution in [0, 0.1) is 0 Å². The van der Waals surface area contributed by atoms with Crippen LogP contribution in [0.2, 0.25) is 0 Å². The van der Waals surface area contributed by atoms with E-state index in [-0.39, 0.29) is 0 Å². The quantitative estimate of drug-likeness (QED) is 0.811. The molecule has 2 rings (SSSR count). The van der Waals surface area contributed by atoms with Gasteiger partial charge in [-0.25, -0.2) is 0 Å². The lowest BCUT2D eigenvalue weighted by Gasteiger charge is -2.38. The molecule has 1 aromatic rings. The van der Waals surface area contributed by atoms with Crippen molar-refractivity contribution in [3.05, 3.63) is 11.4 Å². The number of hydrogen-bond acceptors (Lipinski definition) is 5. The van der Waals surface area contributed by atoms with Gasteiger partial charge in [0.1, 0.15) is 0 Å². The van der Waals surface area contributed by atoms with Crippen molar-refractivity contribution in [2.75, 3.05) is 18.0 Å². The van der Waals surface area contributed by atoms with Crippen molar-refractivity contribution in [3.63, 3.8) is 0 Å². The van der Waals surface area contributed by atoms with Gasteiger partial charge in [-0.2, -0.15) is 0 Å². The first kappa shape index (κ1) is 15.8. The summed E-state index contributed by atoms with van der Waals surface area (Å²) in [7, 11) is -1.01. The van der Waals surface area contributed by atoms with Crippen molar-refractivity contribution < 1.29 is 14.8 Å². The normalized spacial score (nSPS) is 16.8. The van der Waals surface area contributed by atoms with Gasteiger partial charge in [-0.05, 0) is 57.4 Å². The van der Waals surface area contributed by atoms with Crippen LogP contribution in [0.25, 0.3) is 0 Å². The van der Waals surface area contributed by atoms with Crippen molar-refractivity contribution in [1.29, 1.82) is 0 Å². The highest BCUT2D eigenvalue weighted by Crippen LogP contribution is 2.27. The first-order valence-electron chi connectivity index (χ1n) is 7.12. The van der Waals surface area contributed by atoms with Crippen molar-refractivity contribution >= 4 is 28.9 Å². The van der Waals surface area contributed by atoms with Crippen molar-refractivity contribution in [3.8, 4) is 0 Å².